The summed E-state index contributed by atoms with van der Waals surface area (Å²) in [5.41, 5.74) is 0.651. The molecule has 1 heterocycles. The summed E-state index contributed by atoms with van der Waals surface area (Å²) in [6.07, 6.45) is 1.58. The van der Waals surface area contributed by atoms with Crippen LogP contribution in [0.2, 0.25) is 10.0 Å². The van der Waals surface area contributed by atoms with Gasteiger partial charge in [-0.2, -0.15) is 0 Å². The summed E-state index contributed by atoms with van der Waals surface area (Å²) >= 11 is 17.8. The quantitative estimate of drug-likeness (QED) is 0.671. The molecule has 8 heteroatoms. The highest BCUT2D eigenvalue weighted by Crippen LogP contribution is 2.33. The fourth-order valence-electron chi connectivity index (χ4n) is 1.58. The lowest BCUT2D eigenvalue weighted by Gasteiger charge is -2.10. The molecule has 1 saturated heterocycles. The van der Waals surface area contributed by atoms with Gasteiger partial charge < -0.3 is 5.11 Å². The summed E-state index contributed by atoms with van der Waals surface area (Å²) in [7, 11) is 0. The van der Waals surface area contributed by atoms with Crippen molar-refractivity contribution in [2.24, 2.45) is 0 Å². The lowest BCUT2D eigenvalue weighted by atomic mass is 10.2. The van der Waals surface area contributed by atoms with Crippen LogP contribution in [-0.2, 0) is 9.59 Å². The van der Waals surface area contributed by atoms with Crippen LogP contribution < -0.4 is 0 Å². The number of halogens is 2. The molecule has 0 aromatic heterocycles. The van der Waals surface area contributed by atoms with Crippen LogP contribution in [0.15, 0.2) is 23.1 Å². The average Bonchev–Trinajstić information content (AvgIpc) is 2.55. The molecule has 0 saturated carbocycles. The molecular formula is C12H7Cl2NO3S2. The van der Waals surface area contributed by atoms with Crippen LogP contribution in [0.5, 0.6) is 0 Å². The van der Waals surface area contributed by atoms with E-state index >= 15 is 0 Å². The smallest absolute Gasteiger partial charge is 0.323 e. The lowest BCUT2D eigenvalue weighted by molar-refractivity contribution is -0.140. The number of carbonyl (C=O) groups is 2. The standard InChI is InChI=1S/C12H7Cl2NO3S2/c13-7-1-6(2-8(14)4-7)3-9-11(18)15(5-10(16)17)12(19)20-9/h1-4H,5H2,(H,16,17)/b9-3-. The van der Waals surface area contributed by atoms with Gasteiger partial charge in [0.1, 0.15) is 10.9 Å². The van der Waals surface area contributed by atoms with E-state index in [1.807, 2.05) is 0 Å². The van der Waals surface area contributed by atoms with E-state index in [0.29, 0.717) is 20.5 Å². The highest BCUT2D eigenvalue weighted by atomic mass is 35.5. The first kappa shape index (κ1) is 15.3. The second kappa shape index (κ2) is 6.13. The third-order valence-electron chi connectivity index (χ3n) is 2.35. The fraction of sp³-hybridized carbons (Fsp3) is 0.0833. The third-order valence-corrected chi connectivity index (χ3v) is 4.16. The maximum absolute atomic E-state index is 12.0. The predicted octanol–water partition coefficient (Wildman–Crippen LogP) is 3.28. The Morgan fingerprint density at radius 3 is 2.50 bits per heavy atom. The minimum Gasteiger partial charge on any atom is -0.480 e. The third kappa shape index (κ3) is 3.52. The topological polar surface area (TPSA) is 57.6 Å². The Labute approximate surface area is 134 Å². The van der Waals surface area contributed by atoms with Gasteiger partial charge in [0.05, 0.1) is 4.91 Å². The van der Waals surface area contributed by atoms with Crippen molar-refractivity contribution in [3.63, 3.8) is 0 Å². The number of rotatable bonds is 3. The van der Waals surface area contributed by atoms with Gasteiger partial charge in [-0.1, -0.05) is 47.2 Å². The van der Waals surface area contributed by atoms with Crippen LogP contribution in [0, 0.1) is 0 Å². The SMILES string of the molecule is O=C(O)CN1C(=O)/C(=C/c2cc(Cl)cc(Cl)c2)SC1=S. The number of aliphatic carboxylic acids is 1. The highest BCUT2D eigenvalue weighted by molar-refractivity contribution is 8.26. The van der Waals surface area contributed by atoms with Gasteiger partial charge in [0.15, 0.2) is 0 Å². The molecule has 2 rings (SSSR count). The van der Waals surface area contributed by atoms with Crippen molar-refractivity contribution in [3.8, 4) is 0 Å². The zero-order valence-corrected chi connectivity index (χ0v) is 12.9. The lowest BCUT2D eigenvalue weighted by Crippen LogP contribution is -2.33. The van der Waals surface area contributed by atoms with Crippen LogP contribution in [0.1, 0.15) is 5.56 Å². The van der Waals surface area contributed by atoms with Crippen molar-refractivity contribution < 1.29 is 14.7 Å². The maximum Gasteiger partial charge on any atom is 0.323 e. The number of hydrogen-bond acceptors (Lipinski definition) is 4. The van der Waals surface area contributed by atoms with Crippen molar-refractivity contribution in [1.82, 2.24) is 4.90 Å². The van der Waals surface area contributed by atoms with E-state index in [0.717, 1.165) is 16.7 Å². The predicted molar refractivity (Wildman–Crippen MR) is 84.0 cm³/mol. The molecule has 1 aromatic carbocycles. The Morgan fingerprint density at radius 2 is 1.95 bits per heavy atom. The molecule has 1 aromatic rings. The average molecular weight is 348 g/mol. The Kier molecular flexibility index (Phi) is 4.70. The summed E-state index contributed by atoms with van der Waals surface area (Å²) < 4.78 is 0.219. The molecule has 0 bridgehead atoms. The van der Waals surface area contributed by atoms with E-state index in [9.17, 15) is 9.59 Å². The van der Waals surface area contributed by atoms with Crippen LogP contribution in [0.3, 0.4) is 0 Å². The molecule has 0 spiro atoms. The zero-order valence-electron chi connectivity index (χ0n) is 9.80. The van der Waals surface area contributed by atoms with Gasteiger partial charge >= 0.3 is 5.97 Å². The monoisotopic (exact) mass is 347 g/mol. The molecule has 20 heavy (non-hydrogen) atoms. The number of benzene rings is 1. The fourth-order valence-corrected chi connectivity index (χ4v) is 3.38. The normalized spacial score (nSPS) is 17.1. The summed E-state index contributed by atoms with van der Waals surface area (Å²) in [4.78, 5) is 24.1. The van der Waals surface area contributed by atoms with Gasteiger partial charge in [0.2, 0.25) is 0 Å². The van der Waals surface area contributed by atoms with Crippen molar-refractivity contribution in [1.29, 1.82) is 0 Å². The first-order valence-electron chi connectivity index (χ1n) is 5.30. The summed E-state index contributed by atoms with van der Waals surface area (Å²) in [6.45, 7) is -0.446. The van der Waals surface area contributed by atoms with Gasteiger partial charge in [0, 0.05) is 10.0 Å². The van der Waals surface area contributed by atoms with Crippen LogP contribution in [-0.4, -0.2) is 32.7 Å². The summed E-state index contributed by atoms with van der Waals surface area (Å²) in [5.74, 6) is -1.55. The van der Waals surface area contributed by atoms with Crippen LogP contribution >= 0.6 is 47.2 Å². The molecule has 1 N–H and O–H groups in total. The minimum absolute atomic E-state index is 0.219. The van der Waals surface area contributed by atoms with Crippen LogP contribution in [0.25, 0.3) is 6.08 Å². The first-order chi connectivity index (χ1) is 9.36. The van der Waals surface area contributed by atoms with E-state index in [2.05, 4.69) is 0 Å². The van der Waals surface area contributed by atoms with Gasteiger partial charge in [0.25, 0.3) is 5.91 Å². The van der Waals surface area contributed by atoms with E-state index in [-0.39, 0.29) is 4.32 Å². The second-order valence-electron chi connectivity index (χ2n) is 3.86. The Balaban J connectivity index is 2.29. The number of thioether (sulfide) groups is 1. The number of carbonyl (C=O) groups excluding carboxylic acids is 1. The van der Waals surface area contributed by atoms with Gasteiger partial charge in [-0.15, -0.1) is 0 Å². The summed E-state index contributed by atoms with van der Waals surface area (Å²) in [5, 5.41) is 9.64. The van der Waals surface area contributed by atoms with Crippen molar-refractivity contribution >= 4 is 69.5 Å². The van der Waals surface area contributed by atoms with E-state index < -0.39 is 18.4 Å². The van der Waals surface area contributed by atoms with E-state index in [4.69, 9.17) is 40.5 Å². The molecule has 1 aliphatic heterocycles. The number of carboxylic acid groups (broad SMARTS) is 1. The van der Waals surface area contributed by atoms with Crippen LogP contribution in [0.4, 0.5) is 0 Å². The number of hydrogen-bond donors (Lipinski definition) is 1. The molecule has 104 valence electrons. The van der Waals surface area contributed by atoms with Gasteiger partial charge in [-0.05, 0) is 29.8 Å². The Morgan fingerprint density at radius 1 is 1.35 bits per heavy atom. The number of carboxylic acids is 1. The van der Waals surface area contributed by atoms with Gasteiger partial charge in [-0.25, -0.2) is 0 Å². The maximum atomic E-state index is 12.0. The number of amides is 1. The minimum atomic E-state index is -1.12. The molecular weight excluding hydrogens is 341 g/mol. The van der Waals surface area contributed by atoms with Crippen molar-refractivity contribution in [2.75, 3.05) is 6.54 Å². The van der Waals surface area contributed by atoms with Crippen molar-refractivity contribution in [3.05, 3.63) is 38.7 Å². The molecule has 0 aliphatic carbocycles. The van der Waals surface area contributed by atoms with Crippen molar-refractivity contribution in [2.45, 2.75) is 0 Å². The molecule has 0 unspecified atom stereocenters. The zero-order chi connectivity index (χ0) is 14.9. The Bertz CT molecular complexity index is 625. The Hall–Kier alpha value is -1.08. The second-order valence-corrected chi connectivity index (χ2v) is 6.41. The highest BCUT2D eigenvalue weighted by Gasteiger charge is 2.33. The van der Waals surface area contributed by atoms with E-state index in [1.54, 1.807) is 24.3 Å². The number of nitrogens with zero attached hydrogens (tertiary/aromatic N) is 1. The molecule has 1 amide bonds. The number of thiocarbonyl (C=S) groups is 1. The first-order valence-corrected chi connectivity index (χ1v) is 7.28. The molecule has 1 fully saturated rings. The largest absolute Gasteiger partial charge is 0.480 e. The molecule has 0 atom stereocenters. The van der Waals surface area contributed by atoms with Gasteiger partial charge in [-0.3, -0.25) is 14.5 Å². The summed E-state index contributed by atoms with van der Waals surface area (Å²) in [6, 6.07) is 4.88. The molecule has 4 nitrogen and oxygen atoms in total. The molecule has 1 aliphatic rings. The van der Waals surface area contributed by atoms with E-state index in [1.165, 1.54) is 0 Å². The molecule has 0 radical (unpaired) electrons.